The third-order valence-corrected chi connectivity index (χ3v) is 33.8. The van der Waals surface area contributed by atoms with E-state index in [-0.39, 0.29) is 128 Å². The number of carbonyl (C=O) groups is 3. The van der Waals surface area contributed by atoms with E-state index in [2.05, 4.69) is 379 Å². The van der Waals surface area contributed by atoms with Crippen LogP contribution in [0, 0.1) is 65.0 Å². The monoisotopic (exact) mass is 2490 g/mol. The van der Waals surface area contributed by atoms with Crippen molar-refractivity contribution in [2.24, 2.45) is 33.0 Å². The summed E-state index contributed by atoms with van der Waals surface area (Å²) in [5.74, 6) is 0.634. The molecule has 0 unspecified atom stereocenters. The molecule has 0 bridgehead atoms. The molecule has 0 aliphatic heterocycles. The normalized spacial score (nSPS) is 12.2. The van der Waals surface area contributed by atoms with E-state index in [9.17, 15) is 29.7 Å². The van der Waals surface area contributed by atoms with Gasteiger partial charge in [-0.05, 0) is 134 Å². The van der Waals surface area contributed by atoms with Gasteiger partial charge in [0.2, 0.25) is 0 Å². The van der Waals surface area contributed by atoms with E-state index in [1.807, 2.05) is 118 Å². The minimum absolute atomic E-state index is 0. The molecule has 0 saturated heterocycles. The maximum atomic E-state index is 12.2. The van der Waals surface area contributed by atoms with Gasteiger partial charge in [0, 0.05) is 112 Å². The third kappa shape index (κ3) is 32.9. The van der Waals surface area contributed by atoms with Crippen LogP contribution < -0.4 is 15.6 Å². The standard InChI is InChI=1S/2C31H28NSi.C28H30NSi.C15H28O2.C13H24O2.C10H18O2.3Ir/c1-22-19-25(15-17-28(22)23-11-7-5-8-12-23)31-29(24-13-9-6-10-14-24)21-26-20-27(33(2,3)4)16-18-30(26)32-31;1-22-17-25(23-11-7-5-8-12-23)19-27(18-22)31-29(24-13-9-6-10-14-24)21-26-20-28(33(2,3)4)15-16-30(26)32-31;1-28(2,3)23-14-12-21(13-15-23)27-25(20-10-8-7-9-11-20)19-22-18-24(30(4,5)6)16-17-26(22)29-27;1-7-14(5,8-2)12(16)11-13(17)15(6,9-3)10-4;1-7-12(3,4)10(14)9-11(15)13(5,6)8-2;1-7(2)8(11)6-9(12)10(3,4)5;;;/h5-14,16-21H,1-4H3;5-17,19-21H,1-4H3;7-12,14-19H,1-6H3;11,16H,7-10H2,1-6H3;9,14H,7-8H2,1-6H3;6-7,11H,1-5H3;;;/q3*-1;;;;;;. The largest absolute Gasteiger partial charge is 0.512 e. The first-order valence-electron chi connectivity index (χ1n) is 50.2. The maximum absolute atomic E-state index is 12.2. The first-order valence-corrected chi connectivity index (χ1v) is 60.7. The molecular weight excluding hydrogens is 2340 g/mol. The van der Waals surface area contributed by atoms with Gasteiger partial charge in [-0.2, -0.15) is 0 Å². The molecule has 15 heteroatoms. The van der Waals surface area contributed by atoms with Gasteiger partial charge >= 0.3 is 0 Å². The fourth-order valence-electron chi connectivity index (χ4n) is 15.5. The van der Waals surface area contributed by atoms with Crippen molar-refractivity contribution in [2.75, 3.05) is 0 Å². The van der Waals surface area contributed by atoms with Gasteiger partial charge in [0.15, 0.2) is 17.3 Å². The van der Waals surface area contributed by atoms with E-state index in [0.717, 1.165) is 111 Å². The van der Waals surface area contributed by atoms with E-state index in [1.54, 1.807) is 0 Å². The van der Waals surface area contributed by atoms with Gasteiger partial charge in [0.25, 0.3) is 0 Å². The zero-order valence-electron chi connectivity index (χ0n) is 90.9. The van der Waals surface area contributed by atoms with Crippen molar-refractivity contribution in [3.8, 4) is 89.4 Å². The number of allylic oxidation sites excluding steroid dienone is 6. The Morgan fingerprint density at radius 3 is 1.02 bits per heavy atom. The van der Waals surface area contributed by atoms with Crippen molar-refractivity contribution in [1.29, 1.82) is 0 Å². The summed E-state index contributed by atoms with van der Waals surface area (Å²) in [6.07, 6.45) is 9.07. The Morgan fingerprint density at radius 1 is 0.343 bits per heavy atom. The Kier molecular flexibility index (Phi) is 44.4. The molecule has 3 aromatic heterocycles. The molecule has 0 saturated carbocycles. The molecule has 3 radical (unpaired) electrons. The van der Waals surface area contributed by atoms with Crippen LogP contribution in [0.25, 0.3) is 122 Å². The van der Waals surface area contributed by atoms with Crippen LogP contribution in [0.2, 0.25) is 58.9 Å². The fourth-order valence-corrected chi connectivity index (χ4v) is 19.0. The molecule has 761 valence electrons. The molecule has 9 nitrogen and oxygen atoms in total. The number of fused-ring (bicyclic) bond motifs is 3. The third-order valence-electron chi connectivity index (χ3n) is 27.7. The Morgan fingerprint density at radius 2 is 0.692 bits per heavy atom. The smallest absolute Gasteiger partial charge is 0.164 e. The van der Waals surface area contributed by atoms with Crippen LogP contribution in [0.1, 0.15) is 194 Å². The second-order valence-electron chi connectivity index (χ2n) is 44.7. The SMILES string of the molecule is CC(C)(C)c1c[c-]c(-c2nc3ccc([Si](C)(C)C)cc3cc2-c2ccccc2)cc1.CC(C)C(O)=CC(=O)C(C)(C)C.CCC(C)(C)C(=O)C=C(O)C(C)(C)CC.CCC(C)(CC)C(=O)C=C(O)C(C)(CC)CC.Cc1[c-]c(-c2nc3ccc([Si](C)(C)C)cc3cc2-c2ccccc2)cc(-c2ccccc2)c1.Cc1cc(-c2nc3ccc([Si](C)(C)C)cc3cc2-c2ccccc2)[c-]cc1-c1ccccc1.[Ir].[Ir].[Ir]. The summed E-state index contributed by atoms with van der Waals surface area (Å²) in [6.45, 7) is 65.4. The summed E-state index contributed by atoms with van der Waals surface area (Å²) in [5.41, 5.74) is 23.0. The second kappa shape index (κ2) is 52.3. The van der Waals surface area contributed by atoms with Gasteiger partial charge < -0.3 is 15.3 Å². The van der Waals surface area contributed by atoms with Crippen molar-refractivity contribution in [1.82, 2.24) is 15.0 Å². The van der Waals surface area contributed by atoms with Gasteiger partial charge in [-0.3, -0.25) is 29.3 Å². The molecule has 0 atom stereocenters. The first-order chi connectivity index (χ1) is 65.6. The molecule has 11 aromatic carbocycles. The molecule has 0 aliphatic rings. The molecule has 3 heterocycles. The summed E-state index contributed by atoms with van der Waals surface area (Å²) in [4.78, 5) is 50.9. The summed E-state index contributed by atoms with van der Waals surface area (Å²) in [7, 11) is -4.20. The maximum Gasteiger partial charge on any atom is 0.164 e. The Bertz CT molecular complexity index is 6670. The van der Waals surface area contributed by atoms with Crippen molar-refractivity contribution < 1.29 is 90.0 Å². The van der Waals surface area contributed by atoms with E-state index in [4.69, 9.17) is 15.0 Å². The van der Waals surface area contributed by atoms with Crippen LogP contribution in [0.15, 0.2) is 302 Å². The number of aryl methyl sites for hydroxylation is 2. The Labute approximate surface area is 901 Å². The Balaban J connectivity index is 0.000000272. The van der Waals surface area contributed by atoms with Crippen LogP contribution in [0.5, 0.6) is 0 Å². The van der Waals surface area contributed by atoms with Crippen molar-refractivity contribution >= 4 is 89.8 Å². The number of ketones is 3. The number of aliphatic hydroxyl groups excluding tert-OH is 3. The van der Waals surface area contributed by atoms with Crippen LogP contribution >= 0.6 is 0 Å². The zero-order valence-corrected chi connectivity index (χ0v) is 101. The van der Waals surface area contributed by atoms with Crippen molar-refractivity contribution in [2.45, 2.75) is 255 Å². The van der Waals surface area contributed by atoms with Crippen LogP contribution in [-0.2, 0) is 80.1 Å². The van der Waals surface area contributed by atoms with Crippen LogP contribution in [0.3, 0.4) is 0 Å². The number of aliphatic hydroxyl groups is 3. The molecule has 0 spiro atoms. The van der Waals surface area contributed by atoms with Gasteiger partial charge in [-0.1, -0.05) is 444 Å². The number of hydrogen-bond donors (Lipinski definition) is 3. The van der Waals surface area contributed by atoms with E-state index >= 15 is 0 Å². The predicted octanol–water partition coefficient (Wildman–Crippen LogP) is 34.2. The molecule has 143 heavy (non-hydrogen) atoms. The minimum Gasteiger partial charge on any atom is -0.512 e. The second-order valence-corrected chi connectivity index (χ2v) is 60.0. The first kappa shape index (κ1) is 122. The topological polar surface area (TPSA) is 151 Å². The Hall–Kier alpha value is -10.1. The van der Waals surface area contributed by atoms with Gasteiger partial charge in [0.1, 0.15) is 11.5 Å². The van der Waals surface area contributed by atoms with E-state index in [1.165, 1.54) is 100 Å². The molecule has 0 fully saturated rings. The summed E-state index contributed by atoms with van der Waals surface area (Å²) in [6, 6.07) is 106. The van der Waals surface area contributed by atoms with E-state index in [0.29, 0.717) is 0 Å². The number of carbonyl (C=O) groups excluding carboxylic acids is 3. The predicted molar refractivity (Wildman–Crippen MR) is 609 cm³/mol. The molecule has 14 rings (SSSR count). The van der Waals surface area contributed by atoms with Crippen LogP contribution in [0.4, 0.5) is 0 Å². The number of nitrogens with zero attached hydrogens (tertiary/aromatic N) is 3. The van der Waals surface area contributed by atoms with Crippen molar-refractivity contribution in [3.63, 3.8) is 0 Å². The quantitative estimate of drug-likeness (QED) is 0.0220. The van der Waals surface area contributed by atoms with E-state index < -0.39 is 29.6 Å². The molecule has 3 N–H and O–H groups in total. The number of rotatable bonds is 25. The van der Waals surface area contributed by atoms with Crippen molar-refractivity contribution in [3.05, 3.63) is 337 Å². The van der Waals surface area contributed by atoms with Crippen LogP contribution in [-0.4, -0.2) is 71.8 Å². The average Bonchev–Trinajstić information content (AvgIpc) is 0.771. The van der Waals surface area contributed by atoms with Gasteiger partial charge in [-0.25, -0.2) is 0 Å². The van der Waals surface area contributed by atoms with Gasteiger partial charge in [-0.15, -0.1) is 99.6 Å². The summed E-state index contributed by atoms with van der Waals surface area (Å²) in [5, 5.41) is 37.3. The summed E-state index contributed by atoms with van der Waals surface area (Å²) >= 11 is 0. The number of benzene rings is 11. The average molecular weight is 2490 g/mol. The molecular formula is C128H156Ir3N3O6Si3-3. The zero-order chi connectivity index (χ0) is 103. The molecule has 0 amide bonds. The fraction of sp³-hybridized carbons (Fsp3) is 0.344. The molecule has 0 aliphatic carbocycles. The number of aromatic nitrogens is 3. The summed E-state index contributed by atoms with van der Waals surface area (Å²) < 4.78 is 0. The molecule has 14 aromatic rings. The number of hydrogen-bond acceptors (Lipinski definition) is 9. The van der Waals surface area contributed by atoms with Gasteiger partial charge in [0.05, 0.1) is 46.5 Å². The minimum atomic E-state index is -1.41. The number of pyridine rings is 3.